The van der Waals surface area contributed by atoms with Gasteiger partial charge in [0.25, 0.3) is 0 Å². The third-order valence-electron chi connectivity index (χ3n) is 4.78. The van der Waals surface area contributed by atoms with Crippen LogP contribution in [0, 0.1) is 0 Å². The van der Waals surface area contributed by atoms with Crippen LogP contribution in [-0.4, -0.2) is 29.9 Å². The van der Waals surface area contributed by atoms with Crippen molar-refractivity contribution in [2.75, 3.05) is 0 Å². The molecule has 0 saturated heterocycles. The molecule has 0 aromatic carbocycles. The topological polar surface area (TPSA) is 77.3 Å². The molecule has 0 bridgehead atoms. The van der Waals surface area contributed by atoms with Gasteiger partial charge in [-0.05, 0) is 72.8 Å². The number of pyridine rings is 6. The molecule has 0 aliphatic rings. The average molecular weight is 671 g/mol. The molecule has 0 radical (unpaired) electrons. The molecule has 6 aromatic heterocycles. The van der Waals surface area contributed by atoms with Crippen LogP contribution in [0.15, 0.2) is 146 Å². The Kier molecular flexibility index (Phi) is 14.0. The number of hydrogen-bond acceptors (Lipinski definition) is 6. The Balaban J connectivity index is 0.000000195. The smallest absolute Gasteiger partial charge is 0.0886 e. The van der Waals surface area contributed by atoms with Crippen molar-refractivity contribution in [1.82, 2.24) is 29.9 Å². The standard InChI is InChI=1S/3C10H8N2.2Ru/c3*1-3-7-11-9(5-1)10-6-2-4-8-12-10;;/h3*1-8H;;. The number of rotatable bonds is 3. The zero-order valence-corrected chi connectivity index (χ0v) is 23.7. The molecule has 8 heteroatoms. The van der Waals surface area contributed by atoms with Crippen LogP contribution < -0.4 is 0 Å². The first-order valence-electron chi connectivity index (χ1n) is 11.4. The number of nitrogens with zero attached hydrogens (tertiary/aromatic N) is 6. The molecule has 6 nitrogen and oxygen atoms in total. The van der Waals surface area contributed by atoms with Crippen LogP contribution in [-0.2, 0) is 39.0 Å². The van der Waals surface area contributed by atoms with Crippen LogP contribution in [0.2, 0.25) is 0 Å². The minimum Gasteiger partial charge on any atom is -0.255 e. The minimum atomic E-state index is 0. The van der Waals surface area contributed by atoms with Gasteiger partial charge in [0.05, 0.1) is 34.2 Å². The van der Waals surface area contributed by atoms with E-state index in [1.165, 1.54) is 0 Å². The minimum absolute atomic E-state index is 0. The quantitative estimate of drug-likeness (QED) is 0.202. The van der Waals surface area contributed by atoms with E-state index in [9.17, 15) is 0 Å². The largest absolute Gasteiger partial charge is 0.255 e. The first-order valence-corrected chi connectivity index (χ1v) is 11.4. The maximum atomic E-state index is 4.19. The molecule has 0 aliphatic carbocycles. The fourth-order valence-electron chi connectivity index (χ4n) is 3.09. The van der Waals surface area contributed by atoms with Gasteiger partial charge in [-0.25, -0.2) is 0 Å². The fraction of sp³-hybridized carbons (Fsp3) is 0. The van der Waals surface area contributed by atoms with E-state index in [4.69, 9.17) is 0 Å². The summed E-state index contributed by atoms with van der Waals surface area (Å²) in [6.45, 7) is 0. The fourth-order valence-corrected chi connectivity index (χ4v) is 3.09. The predicted molar refractivity (Wildman–Crippen MR) is 142 cm³/mol. The molecule has 0 amide bonds. The van der Waals surface area contributed by atoms with Crippen molar-refractivity contribution >= 4 is 0 Å². The summed E-state index contributed by atoms with van der Waals surface area (Å²) in [7, 11) is 0. The molecular weight excluding hydrogens is 647 g/mol. The predicted octanol–water partition coefficient (Wildman–Crippen LogP) is 6.43. The second-order valence-electron chi connectivity index (χ2n) is 7.29. The molecule has 0 aliphatic heterocycles. The molecule has 0 fully saturated rings. The van der Waals surface area contributed by atoms with Gasteiger partial charge in [-0.15, -0.1) is 0 Å². The Bertz CT molecular complexity index is 1110. The first-order chi connectivity index (χ1) is 17.9. The molecule has 6 rings (SSSR count). The van der Waals surface area contributed by atoms with Crippen molar-refractivity contribution in [2.45, 2.75) is 0 Å². The van der Waals surface area contributed by atoms with Crippen molar-refractivity contribution in [3.8, 4) is 34.2 Å². The van der Waals surface area contributed by atoms with Gasteiger partial charge in [-0.1, -0.05) is 36.4 Å². The van der Waals surface area contributed by atoms with Crippen LogP contribution in [0.5, 0.6) is 0 Å². The van der Waals surface area contributed by atoms with Crippen molar-refractivity contribution in [2.24, 2.45) is 0 Å². The monoisotopic (exact) mass is 672 g/mol. The normalized spacial score (nSPS) is 9.16. The molecule has 0 unspecified atom stereocenters. The summed E-state index contributed by atoms with van der Waals surface area (Å²) in [5, 5.41) is 0. The van der Waals surface area contributed by atoms with Crippen molar-refractivity contribution in [3.63, 3.8) is 0 Å². The Morgan fingerprint density at radius 1 is 0.237 bits per heavy atom. The summed E-state index contributed by atoms with van der Waals surface area (Å²) in [6, 6.07) is 34.8. The zero-order chi connectivity index (χ0) is 24.7. The Hall–Kier alpha value is -3.85. The van der Waals surface area contributed by atoms with Gasteiger partial charge in [0.15, 0.2) is 0 Å². The van der Waals surface area contributed by atoms with Crippen molar-refractivity contribution < 1.29 is 39.0 Å². The Morgan fingerprint density at radius 3 is 0.500 bits per heavy atom. The second kappa shape index (κ2) is 17.6. The first kappa shape index (κ1) is 30.4. The zero-order valence-electron chi connectivity index (χ0n) is 20.2. The average Bonchev–Trinajstić information content (AvgIpc) is 3.01. The molecule has 6 heterocycles. The van der Waals surface area contributed by atoms with Crippen LogP contribution in [0.4, 0.5) is 0 Å². The maximum absolute atomic E-state index is 4.19. The van der Waals surface area contributed by atoms with Gasteiger partial charge >= 0.3 is 0 Å². The summed E-state index contributed by atoms with van der Waals surface area (Å²) in [5.41, 5.74) is 5.49. The van der Waals surface area contributed by atoms with E-state index in [0.29, 0.717) is 0 Å². The Labute approximate surface area is 248 Å². The van der Waals surface area contributed by atoms with Gasteiger partial charge in [0.1, 0.15) is 0 Å². The summed E-state index contributed by atoms with van der Waals surface area (Å²) in [4.78, 5) is 25.1. The van der Waals surface area contributed by atoms with E-state index >= 15 is 0 Å². The van der Waals surface area contributed by atoms with Gasteiger partial charge in [0.2, 0.25) is 0 Å². The van der Waals surface area contributed by atoms with Crippen LogP contribution in [0.25, 0.3) is 34.2 Å². The maximum Gasteiger partial charge on any atom is 0.0886 e. The molecule has 0 N–H and O–H groups in total. The molecule has 38 heavy (non-hydrogen) atoms. The summed E-state index contributed by atoms with van der Waals surface area (Å²) in [6.07, 6.45) is 10.6. The SMILES string of the molecule is [Ru].[Ru].c1ccc(-c2ccccn2)nc1.c1ccc(-c2ccccn2)nc1.c1ccc(-c2ccccn2)nc1. The molecule has 0 saturated carbocycles. The van der Waals surface area contributed by atoms with Crippen LogP contribution >= 0.6 is 0 Å². The van der Waals surface area contributed by atoms with Gasteiger partial charge in [-0.2, -0.15) is 0 Å². The van der Waals surface area contributed by atoms with E-state index in [0.717, 1.165) is 34.2 Å². The van der Waals surface area contributed by atoms with Gasteiger partial charge < -0.3 is 0 Å². The summed E-state index contributed by atoms with van der Waals surface area (Å²) >= 11 is 0. The van der Waals surface area contributed by atoms with E-state index in [2.05, 4.69) is 29.9 Å². The van der Waals surface area contributed by atoms with Crippen LogP contribution in [0.1, 0.15) is 0 Å². The third-order valence-corrected chi connectivity index (χ3v) is 4.78. The number of aromatic nitrogens is 6. The van der Waals surface area contributed by atoms with Gasteiger partial charge in [0, 0.05) is 76.1 Å². The van der Waals surface area contributed by atoms with Crippen molar-refractivity contribution in [3.05, 3.63) is 146 Å². The summed E-state index contributed by atoms with van der Waals surface area (Å²) in [5.74, 6) is 0. The molecular formula is C30H24N6Ru2. The Morgan fingerprint density at radius 2 is 0.395 bits per heavy atom. The molecule has 0 atom stereocenters. The third kappa shape index (κ3) is 9.89. The molecule has 0 spiro atoms. The van der Waals surface area contributed by atoms with E-state index in [1.807, 2.05) is 109 Å². The molecule has 6 aromatic rings. The van der Waals surface area contributed by atoms with E-state index in [1.54, 1.807) is 37.2 Å². The van der Waals surface area contributed by atoms with Crippen LogP contribution in [0.3, 0.4) is 0 Å². The van der Waals surface area contributed by atoms with E-state index < -0.39 is 0 Å². The van der Waals surface area contributed by atoms with Crippen molar-refractivity contribution in [1.29, 1.82) is 0 Å². The summed E-state index contributed by atoms with van der Waals surface area (Å²) < 4.78 is 0. The second-order valence-corrected chi connectivity index (χ2v) is 7.29. The molecule has 190 valence electrons. The van der Waals surface area contributed by atoms with E-state index in [-0.39, 0.29) is 39.0 Å². The number of hydrogen-bond donors (Lipinski definition) is 0. The van der Waals surface area contributed by atoms with Gasteiger partial charge in [-0.3, -0.25) is 29.9 Å².